The van der Waals surface area contributed by atoms with Crippen LogP contribution in [-0.4, -0.2) is 19.1 Å². The van der Waals surface area contributed by atoms with E-state index < -0.39 is 0 Å². The zero-order chi connectivity index (χ0) is 13.8. The number of methoxy groups -OCH3 is 1. The molecule has 0 aliphatic carbocycles. The number of ether oxygens (including phenoxy) is 1. The Bertz CT molecular complexity index is 545. The first kappa shape index (κ1) is 14.1. The Kier molecular flexibility index (Phi) is 4.63. The van der Waals surface area contributed by atoms with Crippen molar-refractivity contribution in [1.82, 2.24) is 10.3 Å². The van der Waals surface area contributed by atoms with Gasteiger partial charge in [-0.2, -0.15) is 0 Å². The van der Waals surface area contributed by atoms with Gasteiger partial charge in [0.1, 0.15) is 10.8 Å². The Morgan fingerprint density at radius 3 is 2.84 bits per heavy atom. The number of halogens is 1. The zero-order valence-corrected chi connectivity index (χ0v) is 12.1. The summed E-state index contributed by atoms with van der Waals surface area (Å²) in [5.74, 6) is -0.198. The summed E-state index contributed by atoms with van der Waals surface area (Å²) in [6.45, 7) is 2.97. The lowest BCUT2D eigenvalue weighted by Gasteiger charge is -1.99. The monoisotopic (exact) mass is 280 g/mol. The highest BCUT2D eigenvalue weighted by Gasteiger charge is 2.12. The largest absolute Gasteiger partial charge is 0.378 e. The predicted octanol–water partition coefficient (Wildman–Crippen LogP) is 3.12. The highest BCUT2D eigenvalue weighted by Crippen LogP contribution is 2.29. The molecule has 1 N–H and O–H groups in total. The average Bonchev–Trinajstić information content (AvgIpc) is 2.77. The molecule has 0 fully saturated rings. The molecular formula is C14H17FN2OS. The molecule has 0 amide bonds. The number of nitrogens with one attached hydrogen (secondary N) is 1. The fraction of sp³-hybridized carbons (Fsp3) is 0.357. The first-order valence-corrected chi connectivity index (χ1v) is 6.86. The van der Waals surface area contributed by atoms with Crippen LogP contribution in [0.4, 0.5) is 4.39 Å². The Morgan fingerprint density at radius 2 is 2.21 bits per heavy atom. The molecule has 0 aliphatic rings. The highest BCUT2D eigenvalue weighted by molar-refractivity contribution is 7.15. The van der Waals surface area contributed by atoms with Crippen molar-refractivity contribution in [2.24, 2.45) is 0 Å². The van der Waals surface area contributed by atoms with Gasteiger partial charge in [-0.25, -0.2) is 9.37 Å². The van der Waals surface area contributed by atoms with E-state index in [1.165, 1.54) is 6.07 Å². The van der Waals surface area contributed by atoms with Gasteiger partial charge in [0.15, 0.2) is 0 Å². The average molecular weight is 280 g/mol. The lowest BCUT2D eigenvalue weighted by molar-refractivity contribution is 0.181. The molecule has 0 radical (unpaired) electrons. The van der Waals surface area contributed by atoms with Crippen LogP contribution in [0.1, 0.15) is 16.1 Å². The van der Waals surface area contributed by atoms with Gasteiger partial charge in [-0.15, -0.1) is 11.3 Å². The minimum atomic E-state index is -0.198. The second-order valence-electron chi connectivity index (χ2n) is 4.32. The number of nitrogens with zero attached hydrogens (tertiary/aromatic N) is 1. The fourth-order valence-corrected chi connectivity index (χ4v) is 2.85. The number of benzene rings is 1. The number of thiazole rings is 1. The van der Waals surface area contributed by atoms with Gasteiger partial charge in [-0.05, 0) is 25.6 Å². The molecule has 3 nitrogen and oxygen atoms in total. The van der Waals surface area contributed by atoms with Crippen molar-refractivity contribution in [2.75, 3.05) is 14.2 Å². The van der Waals surface area contributed by atoms with Gasteiger partial charge in [0.2, 0.25) is 0 Å². The molecule has 0 atom stereocenters. The fourth-order valence-electron chi connectivity index (χ4n) is 1.78. The van der Waals surface area contributed by atoms with Crippen LogP contribution in [0.25, 0.3) is 10.6 Å². The zero-order valence-electron chi connectivity index (χ0n) is 11.3. The Morgan fingerprint density at radius 1 is 1.42 bits per heavy atom. The second kappa shape index (κ2) is 6.23. The number of hydrogen-bond donors (Lipinski definition) is 1. The van der Waals surface area contributed by atoms with Gasteiger partial charge in [0, 0.05) is 24.1 Å². The first-order chi connectivity index (χ1) is 9.15. The van der Waals surface area contributed by atoms with Gasteiger partial charge < -0.3 is 10.1 Å². The molecule has 0 aliphatic heterocycles. The molecule has 0 saturated carbocycles. The standard InChI is InChI=1S/C14H17FN2OS/c1-9-4-5-10(6-11(9)15)14-17-12(8-18-3)13(19-14)7-16-2/h4-6,16H,7-8H2,1-3H3. The summed E-state index contributed by atoms with van der Waals surface area (Å²) in [7, 11) is 3.54. The molecule has 0 saturated heterocycles. The summed E-state index contributed by atoms with van der Waals surface area (Å²) in [4.78, 5) is 5.67. The molecule has 0 spiro atoms. The van der Waals surface area contributed by atoms with Gasteiger partial charge in [-0.1, -0.05) is 12.1 Å². The molecule has 1 heterocycles. The predicted molar refractivity (Wildman–Crippen MR) is 75.7 cm³/mol. The molecule has 5 heteroatoms. The third-order valence-electron chi connectivity index (χ3n) is 2.82. The Balaban J connectivity index is 2.38. The van der Waals surface area contributed by atoms with Crippen LogP contribution in [0.2, 0.25) is 0 Å². The van der Waals surface area contributed by atoms with E-state index in [2.05, 4.69) is 10.3 Å². The van der Waals surface area contributed by atoms with E-state index in [1.807, 2.05) is 13.1 Å². The smallest absolute Gasteiger partial charge is 0.126 e. The minimum absolute atomic E-state index is 0.198. The van der Waals surface area contributed by atoms with Crippen molar-refractivity contribution < 1.29 is 9.13 Å². The van der Waals surface area contributed by atoms with Crippen LogP contribution in [0.5, 0.6) is 0 Å². The topological polar surface area (TPSA) is 34.2 Å². The Labute approximate surface area is 116 Å². The van der Waals surface area contributed by atoms with Crippen LogP contribution in [0.15, 0.2) is 18.2 Å². The summed E-state index contributed by atoms with van der Waals surface area (Å²) in [6, 6.07) is 5.21. The van der Waals surface area contributed by atoms with E-state index in [-0.39, 0.29) is 5.82 Å². The van der Waals surface area contributed by atoms with Gasteiger partial charge in [0.05, 0.1) is 12.3 Å². The molecule has 2 aromatic rings. The van der Waals surface area contributed by atoms with E-state index >= 15 is 0 Å². The van der Waals surface area contributed by atoms with E-state index in [9.17, 15) is 4.39 Å². The number of aryl methyl sites for hydroxylation is 1. The van der Waals surface area contributed by atoms with E-state index in [4.69, 9.17) is 4.74 Å². The third kappa shape index (κ3) is 3.18. The van der Waals surface area contributed by atoms with Crippen molar-refractivity contribution in [3.8, 4) is 10.6 Å². The van der Waals surface area contributed by atoms with Crippen molar-refractivity contribution in [1.29, 1.82) is 0 Å². The van der Waals surface area contributed by atoms with Gasteiger partial charge in [-0.3, -0.25) is 0 Å². The van der Waals surface area contributed by atoms with E-state index in [0.717, 1.165) is 27.7 Å². The maximum Gasteiger partial charge on any atom is 0.126 e. The summed E-state index contributed by atoms with van der Waals surface area (Å²) >= 11 is 1.57. The molecule has 102 valence electrons. The SMILES string of the molecule is CNCc1sc(-c2ccc(C)c(F)c2)nc1COC. The minimum Gasteiger partial charge on any atom is -0.378 e. The van der Waals surface area contributed by atoms with Crippen molar-refractivity contribution >= 4 is 11.3 Å². The second-order valence-corrected chi connectivity index (χ2v) is 5.40. The maximum absolute atomic E-state index is 13.6. The van der Waals surface area contributed by atoms with Crippen molar-refractivity contribution in [3.63, 3.8) is 0 Å². The number of rotatable bonds is 5. The van der Waals surface area contributed by atoms with Crippen LogP contribution in [0, 0.1) is 12.7 Å². The molecule has 0 unspecified atom stereocenters. The number of hydrogen-bond acceptors (Lipinski definition) is 4. The lowest BCUT2D eigenvalue weighted by Crippen LogP contribution is -2.06. The Hall–Kier alpha value is -1.30. The highest BCUT2D eigenvalue weighted by atomic mass is 32.1. The number of aromatic nitrogens is 1. The quantitative estimate of drug-likeness (QED) is 0.913. The third-order valence-corrected chi connectivity index (χ3v) is 3.96. The molecule has 1 aromatic carbocycles. The van der Waals surface area contributed by atoms with Crippen molar-refractivity contribution in [2.45, 2.75) is 20.1 Å². The summed E-state index contributed by atoms with van der Waals surface area (Å²) in [5.41, 5.74) is 2.37. The van der Waals surface area contributed by atoms with Crippen LogP contribution in [-0.2, 0) is 17.9 Å². The molecular weight excluding hydrogens is 263 g/mol. The van der Waals surface area contributed by atoms with Crippen molar-refractivity contribution in [3.05, 3.63) is 40.2 Å². The first-order valence-electron chi connectivity index (χ1n) is 6.04. The van der Waals surface area contributed by atoms with Gasteiger partial charge in [0.25, 0.3) is 0 Å². The summed E-state index contributed by atoms with van der Waals surface area (Å²) in [6.07, 6.45) is 0. The van der Waals surface area contributed by atoms with E-state index in [1.54, 1.807) is 31.4 Å². The maximum atomic E-state index is 13.6. The normalized spacial score (nSPS) is 10.9. The van der Waals surface area contributed by atoms with Gasteiger partial charge >= 0.3 is 0 Å². The molecule has 1 aromatic heterocycles. The summed E-state index contributed by atoms with van der Waals surface area (Å²) < 4.78 is 18.8. The molecule has 2 rings (SSSR count). The molecule has 19 heavy (non-hydrogen) atoms. The van der Waals surface area contributed by atoms with E-state index in [0.29, 0.717) is 12.2 Å². The van der Waals surface area contributed by atoms with Crippen LogP contribution in [0.3, 0.4) is 0 Å². The molecule has 0 bridgehead atoms. The van der Waals surface area contributed by atoms with Crippen LogP contribution < -0.4 is 5.32 Å². The lowest BCUT2D eigenvalue weighted by atomic mass is 10.1. The van der Waals surface area contributed by atoms with Crippen LogP contribution >= 0.6 is 11.3 Å². The summed E-state index contributed by atoms with van der Waals surface area (Å²) in [5, 5.41) is 3.94.